The molecular weight excluding hydrogens is 310 g/mol. The van der Waals surface area contributed by atoms with E-state index in [4.69, 9.17) is 0 Å². The number of nitro groups is 1. The van der Waals surface area contributed by atoms with Crippen molar-refractivity contribution in [3.05, 3.63) is 38.4 Å². The minimum absolute atomic E-state index is 0.139. The number of aryl methyl sites for hydroxylation is 1. The molecule has 1 rings (SSSR count). The molecule has 0 radical (unpaired) electrons. The van der Waals surface area contributed by atoms with E-state index >= 15 is 0 Å². The van der Waals surface area contributed by atoms with Gasteiger partial charge in [0.15, 0.2) is 0 Å². The van der Waals surface area contributed by atoms with Crippen molar-refractivity contribution < 1.29 is 4.92 Å². The molecule has 0 spiro atoms. The Bertz CT molecular complexity index is 537. The molecule has 0 aliphatic carbocycles. The topological polar surface area (TPSA) is 43.1 Å². The van der Waals surface area contributed by atoms with Crippen LogP contribution in [0.25, 0.3) is 0 Å². The Morgan fingerprint density at radius 1 is 0.720 bits per heavy atom. The van der Waals surface area contributed by atoms with E-state index in [1.165, 1.54) is 29.5 Å². The first-order chi connectivity index (χ1) is 12.1. The summed E-state index contributed by atoms with van der Waals surface area (Å²) in [4.78, 5) is 11.6. The van der Waals surface area contributed by atoms with Crippen LogP contribution < -0.4 is 0 Å². The summed E-state index contributed by atoms with van der Waals surface area (Å²) in [6.45, 7) is 8.77. The molecule has 0 aromatic heterocycles. The SMILES string of the molecule is CCCCc1cc([N+](=O)[O-])c(CCCC)c(CCCC)c1CCCC. The Balaban J connectivity index is 3.49. The van der Waals surface area contributed by atoms with Crippen molar-refractivity contribution in [2.45, 2.75) is 105 Å². The maximum absolute atomic E-state index is 11.8. The van der Waals surface area contributed by atoms with Gasteiger partial charge in [0.25, 0.3) is 5.69 Å². The predicted octanol–water partition coefficient (Wildman–Crippen LogP) is 6.97. The lowest BCUT2D eigenvalue weighted by atomic mass is 9.85. The molecule has 0 saturated heterocycles. The highest BCUT2D eigenvalue weighted by molar-refractivity contribution is 5.54. The van der Waals surface area contributed by atoms with E-state index in [2.05, 4.69) is 27.7 Å². The smallest absolute Gasteiger partial charge is 0.258 e. The summed E-state index contributed by atoms with van der Waals surface area (Å²) in [7, 11) is 0. The monoisotopic (exact) mass is 347 g/mol. The second-order valence-electron chi connectivity index (χ2n) is 7.16. The predicted molar refractivity (Wildman–Crippen MR) is 108 cm³/mol. The number of rotatable bonds is 13. The van der Waals surface area contributed by atoms with Crippen LogP contribution in [0.15, 0.2) is 6.07 Å². The quantitative estimate of drug-likeness (QED) is 0.286. The van der Waals surface area contributed by atoms with E-state index in [0.29, 0.717) is 5.69 Å². The van der Waals surface area contributed by atoms with Crippen LogP contribution in [-0.2, 0) is 25.7 Å². The fraction of sp³-hybridized carbons (Fsp3) is 0.727. The zero-order valence-corrected chi connectivity index (χ0v) is 16.8. The molecule has 0 atom stereocenters. The summed E-state index contributed by atoms with van der Waals surface area (Å²) in [5.41, 5.74) is 5.43. The van der Waals surface area contributed by atoms with Gasteiger partial charge >= 0.3 is 0 Å². The van der Waals surface area contributed by atoms with Crippen LogP contribution in [0, 0.1) is 10.1 Å². The van der Waals surface area contributed by atoms with Gasteiger partial charge in [-0.05, 0) is 68.1 Å². The average Bonchev–Trinajstić information content (AvgIpc) is 2.61. The van der Waals surface area contributed by atoms with E-state index in [-0.39, 0.29) is 4.92 Å². The van der Waals surface area contributed by atoms with Crippen LogP contribution in [0.5, 0.6) is 0 Å². The minimum Gasteiger partial charge on any atom is -0.258 e. The minimum atomic E-state index is -0.139. The van der Waals surface area contributed by atoms with Crippen LogP contribution in [0.2, 0.25) is 0 Å². The van der Waals surface area contributed by atoms with Gasteiger partial charge in [-0.2, -0.15) is 0 Å². The molecule has 0 fully saturated rings. The lowest BCUT2D eigenvalue weighted by Crippen LogP contribution is -2.09. The number of nitro benzene ring substituents is 1. The molecular formula is C22H37NO2. The average molecular weight is 348 g/mol. The van der Waals surface area contributed by atoms with E-state index in [0.717, 1.165) is 69.8 Å². The molecule has 25 heavy (non-hydrogen) atoms. The highest BCUT2D eigenvalue weighted by Crippen LogP contribution is 2.33. The number of hydrogen-bond acceptors (Lipinski definition) is 2. The molecule has 0 bridgehead atoms. The van der Waals surface area contributed by atoms with Gasteiger partial charge in [0.2, 0.25) is 0 Å². The summed E-state index contributed by atoms with van der Waals surface area (Å²) >= 11 is 0. The largest absolute Gasteiger partial charge is 0.273 e. The Labute approximate surface area is 154 Å². The van der Waals surface area contributed by atoms with Crippen LogP contribution >= 0.6 is 0 Å². The van der Waals surface area contributed by atoms with Gasteiger partial charge in [0.1, 0.15) is 0 Å². The van der Waals surface area contributed by atoms with Gasteiger partial charge in [-0.15, -0.1) is 0 Å². The van der Waals surface area contributed by atoms with E-state index in [1.54, 1.807) is 0 Å². The third-order valence-electron chi connectivity index (χ3n) is 5.07. The molecule has 1 aromatic rings. The van der Waals surface area contributed by atoms with Crippen molar-refractivity contribution in [1.29, 1.82) is 0 Å². The van der Waals surface area contributed by atoms with Gasteiger partial charge in [-0.3, -0.25) is 10.1 Å². The first-order valence-corrected chi connectivity index (χ1v) is 10.4. The maximum Gasteiger partial charge on any atom is 0.273 e. The van der Waals surface area contributed by atoms with Crippen LogP contribution in [0.4, 0.5) is 5.69 Å². The van der Waals surface area contributed by atoms with Crippen LogP contribution in [0.1, 0.15) is 101 Å². The second kappa shape index (κ2) is 12.1. The molecule has 0 saturated carbocycles. The first kappa shape index (κ1) is 21.7. The lowest BCUT2D eigenvalue weighted by molar-refractivity contribution is -0.385. The molecule has 3 heteroatoms. The van der Waals surface area contributed by atoms with Gasteiger partial charge in [-0.25, -0.2) is 0 Å². The van der Waals surface area contributed by atoms with Crippen molar-refractivity contribution in [1.82, 2.24) is 0 Å². The second-order valence-corrected chi connectivity index (χ2v) is 7.16. The number of unbranched alkanes of at least 4 members (excludes halogenated alkanes) is 4. The summed E-state index contributed by atoms with van der Waals surface area (Å²) in [6, 6.07) is 1.92. The molecule has 0 aliphatic heterocycles. The van der Waals surface area contributed by atoms with Gasteiger partial charge < -0.3 is 0 Å². The normalized spacial score (nSPS) is 11.0. The van der Waals surface area contributed by atoms with E-state index in [9.17, 15) is 10.1 Å². The zero-order valence-electron chi connectivity index (χ0n) is 16.8. The lowest BCUT2D eigenvalue weighted by Gasteiger charge is -2.20. The van der Waals surface area contributed by atoms with Crippen molar-refractivity contribution in [2.75, 3.05) is 0 Å². The van der Waals surface area contributed by atoms with Crippen molar-refractivity contribution >= 4 is 5.69 Å². The Morgan fingerprint density at radius 2 is 1.16 bits per heavy atom. The van der Waals surface area contributed by atoms with E-state index in [1.807, 2.05) is 6.07 Å². The number of nitrogens with zero attached hydrogens (tertiary/aromatic N) is 1. The fourth-order valence-corrected chi connectivity index (χ4v) is 3.58. The highest BCUT2D eigenvalue weighted by Gasteiger charge is 2.23. The third-order valence-corrected chi connectivity index (χ3v) is 5.07. The van der Waals surface area contributed by atoms with Gasteiger partial charge in [0, 0.05) is 11.6 Å². The summed E-state index contributed by atoms with van der Waals surface area (Å²) < 4.78 is 0. The number of hydrogen-bond donors (Lipinski definition) is 0. The van der Waals surface area contributed by atoms with Crippen molar-refractivity contribution in [3.8, 4) is 0 Å². The molecule has 0 aliphatic rings. The van der Waals surface area contributed by atoms with Crippen LogP contribution in [0.3, 0.4) is 0 Å². The summed E-state index contributed by atoms with van der Waals surface area (Å²) in [5.74, 6) is 0. The molecule has 0 heterocycles. The molecule has 142 valence electrons. The number of benzene rings is 1. The Kier molecular flexibility index (Phi) is 10.4. The van der Waals surface area contributed by atoms with Gasteiger partial charge in [-0.1, -0.05) is 53.4 Å². The van der Waals surface area contributed by atoms with Crippen molar-refractivity contribution in [2.24, 2.45) is 0 Å². The third kappa shape index (κ3) is 6.45. The zero-order chi connectivity index (χ0) is 18.7. The molecule has 0 N–H and O–H groups in total. The summed E-state index contributed by atoms with van der Waals surface area (Å²) in [6.07, 6.45) is 12.8. The maximum atomic E-state index is 11.8. The Hall–Kier alpha value is -1.38. The standard InChI is InChI=1S/C22H37NO2/c1-5-9-13-18-17-22(23(24)25)21(16-12-8-4)20(15-11-7-3)19(18)14-10-6-2/h17H,5-16H2,1-4H3. The van der Waals surface area contributed by atoms with Crippen molar-refractivity contribution in [3.63, 3.8) is 0 Å². The fourth-order valence-electron chi connectivity index (χ4n) is 3.58. The van der Waals surface area contributed by atoms with E-state index < -0.39 is 0 Å². The first-order valence-electron chi connectivity index (χ1n) is 10.4. The van der Waals surface area contributed by atoms with Gasteiger partial charge in [0.05, 0.1) is 4.92 Å². The highest BCUT2D eigenvalue weighted by atomic mass is 16.6. The molecule has 1 aromatic carbocycles. The molecule has 0 amide bonds. The Morgan fingerprint density at radius 3 is 1.64 bits per heavy atom. The van der Waals surface area contributed by atoms with Crippen LogP contribution in [-0.4, -0.2) is 4.92 Å². The molecule has 3 nitrogen and oxygen atoms in total. The molecule has 0 unspecified atom stereocenters. The summed E-state index contributed by atoms with van der Waals surface area (Å²) in [5, 5.41) is 11.8.